The van der Waals surface area contributed by atoms with Crippen LogP contribution in [0.3, 0.4) is 0 Å². The lowest BCUT2D eigenvalue weighted by atomic mass is 10.1. The average molecular weight is 288 g/mol. The molecule has 104 valence electrons. The van der Waals surface area contributed by atoms with Crippen molar-refractivity contribution in [1.82, 2.24) is 10.6 Å². The van der Waals surface area contributed by atoms with Crippen LogP contribution in [0, 0.1) is 0 Å². The Hall–Kier alpha value is -1.47. The van der Waals surface area contributed by atoms with Crippen molar-refractivity contribution in [3.8, 4) is 5.75 Å². The van der Waals surface area contributed by atoms with Gasteiger partial charge in [-0.15, -0.1) is 11.3 Å². The van der Waals surface area contributed by atoms with Gasteiger partial charge in [0.05, 0.1) is 0 Å². The van der Waals surface area contributed by atoms with Crippen molar-refractivity contribution in [2.24, 2.45) is 0 Å². The summed E-state index contributed by atoms with van der Waals surface area (Å²) in [6.45, 7) is -0.801. The molecule has 19 heavy (non-hydrogen) atoms. The van der Waals surface area contributed by atoms with E-state index < -0.39 is 6.61 Å². The SMILES string of the molecule is O=C(NCC1=CCNCC1)c1sccc1OC(F)F. The van der Waals surface area contributed by atoms with Crippen LogP contribution in [0.2, 0.25) is 0 Å². The minimum absolute atomic E-state index is 0.0724. The zero-order valence-corrected chi connectivity index (χ0v) is 10.9. The van der Waals surface area contributed by atoms with Crippen molar-refractivity contribution in [3.63, 3.8) is 0 Å². The molecule has 0 unspecified atom stereocenters. The number of thiophene rings is 1. The molecule has 0 saturated heterocycles. The van der Waals surface area contributed by atoms with E-state index in [2.05, 4.69) is 15.4 Å². The van der Waals surface area contributed by atoms with Crippen LogP contribution >= 0.6 is 11.3 Å². The summed E-state index contributed by atoms with van der Waals surface area (Å²) >= 11 is 1.08. The predicted molar refractivity (Wildman–Crippen MR) is 68.9 cm³/mol. The summed E-state index contributed by atoms with van der Waals surface area (Å²) in [5.74, 6) is -0.457. The van der Waals surface area contributed by atoms with Crippen molar-refractivity contribution in [1.29, 1.82) is 0 Å². The first-order valence-electron chi connectivity index (χ1n) is 5.86. The molecule has 0 fully saturated rings. The molecule has 7 heteroatoms. The van der Waals surface area contributed by atoms with E-state index in [9.17, 15) is 13.6 Å². The van der Waals surface area contributed by atoms with Crippen LogP contribution in [0.1, 0.15) is 16.1 Å². The smallest absolute Gasteiger partial charge is 0.387 e. The molecule has 1 aromatic heterocycles. The fraction of sp³-hybridized carbons (Fsp3) is 0.417. The van der Waals surface area contributed by atoms with Crippen molar-refractivity contribution < 1.29 is 18.3 Å². The zero-order valence-electron chi connectivity index (χ0n) is 10.1. The third-order valence-electron chi connectivity index (χ3n) is 2.69. The van der Waals surface area contributed by atoms with E-state index in [0.717, 1.165) is 36.4 Å². The first-order valence-corrected chi connectivity index (χ1v) is 6.74. The Morgan fingerprint density at radius 3 is 3.11 bits per heavy atom. The van der Waals surface area contributed by atoms with Crippen molar-refractivity contribution >= 4 is 17.2 Å². The van der Waals surface area contributed by atoms with Gasteiger partial charge >= 0.3 is 6.61 Å². The van der Waals surface area contributed by atoms with Crippen molar-refractivity contribution in [2.45, 2.75) is 13.0 Å². The van der Waals surface area contributed by atoms with Gasteiger partial charge in [-0.05, 0) is 24.4 Å². The monoisotopic (exact) mass is 288 g/mol. The van der Waals surface area contributed by atoms with E-state index in [1.165, 1.54) is 6.07 Å². The highest BCUT2D eigenvalue weighted by Gasteiger charge is 2.17. The summed E-state index contributed by atoms with van der Waals surface area (Å²) in [7, 11) is 0. The number of amides is 1. The topological polar surface area (TPSA) is 50.4 Å². The summed E-state index contributed by atoms with van der Waals surface area (Å²) in [6.07, 6.45) is 2.90. The lowest BCUT2D eigenvalue weighted by Crippen LogP contribution is -2.29. The van der Waals surface area contributed by atoms with Crippen LogP contribution in [0.15, 0.2) is 23.1 Å². The second kappa shape index (κ2) is 6.63. The van der Waals surface area contributed by atoms with Crippen LogP contribution in [0.5, 0.6) is 5.75 Å². The maximum Gasteiger partial charge on any atom is 0.387 e. The fourth-order valence-electron chi connectivity index (χ4n) is 1.76. The highest BCUT2D eigenvalue weighted by molar-refractivity contribution is 7.12. The van der Waals surface area contributed by atoms with Crippen LogP contribution in [0.4, 0.5) is 8.78 Å². The third kappa shape index (κ3) is 4.00. The standard InChI is InChI=1S/C12H14F2N2O2S/c13-12(14)18-9-3-6-19-10(9)11(17)16-7-8-1-4-15-5-2-8/h1,3,6,12,15H,2,4-5,7H2,(H,16,17). The second-order valence-electron chi connectivity index (χ2n) is 3.99. The molecule has 0 aromatic carbocycles. The minimum atomic E-state index is -2.92. The highest BCUT2D eigenvalue weighted by atomic mass is 32.1. The molecule has 0 atom stereocenters. The fourth-order valence-corrected chi connectivity index (χ4v) is 2.50. The van der Waals surface area contributed by atoms with Gasteiger partial charge in [0.15, 0.2) is 0 Å². The van der Waals surface area contributed by atoms with Crippen LogP contribution in [0.25, 0.3) is 0 Å². The predicted octanol–water partition coefficient (Wildman–Crippen LogP) is 2.00. The van der Waals surface area contributed by atoms with Gasteiger partial charge in [0.1, 0.15) is 10.6 Å². The molecule has 0 spiro atoms. The van der Waals surface area contributed by atoms with Gasteiger partial charge in [0, 0.05) is 13.1 Å². The number of hydrogen-bond donors (Lipinski definition) is 2. The number of nitrogens with one attached hydrogen (secondary N) is 2. The summed E-state index contributed by atoms with van der Waals surface area (Å²) in [6, 6.07) is 1.37. The molecule has 0 bridgehead atoms. The molecular weight excluding hydrogens is 274 g/mol. The molecule has 0 aliphatic carbocycles. The Bertz CT molecular complexity index is 474. The summed E-state index contributed by atoms with van der Waals surface area (Å²) in [5.41, 5.74) is 1.14. The molecule has 2 N–H and O–H groups in total. The maximum absolute atomic E-state index is 12.2. The van der Waals surface area contributed by atoms with Gasteiger partial charge in [-0.1, -0.05) is 11.6 Å². The number of alkyl halides is 2. The Labute approximate surface area is 113 Å². The second-order valence-corrected chi connectivity index (χ2v) is 4.91. The van der Waals surface area contributed by atoms with Crippen molar-refractivity contribution in [3.05, 3.63) is 28.0 Å². The summed E-state index contributed by atoms with van der Waals surface area (Å²) in [4.78, 5) is 12.1. The van der Waals surface area contributed by atoms with Gasteiger partial charge in [0.2, 0.25) is 0 Å². The van der Waals surface area contributed by atoms with Gasteiger partial charge in [0.25, 0.3) is 5.91 Å². The lowest BCUT2D eigenvalue weighted by Gasteiger charge is -2.14. The zero-order chi connectivity index (χ0) is 13.7. The highest BCUT2D eigenvalue weighted by Crippen LogP contribution is 2.26. The Kier molecular flexibility index (Phi) is 4.86. The Morgan fingerprint density at radius 1 is 1.58 bits per heavy atom. The number of halogens is 2. The number of carbonyl (C=O) groups is 1. The average Bonchev–Trinajstić information content (AvgIpc) is 2.84. The molecule has 2 heterocycles. The first kappa shape index (κ1) is 14.0. The molecule has 1 aliphatic rings. The molecule has 4 nitrogen and oxygen atoms in total. The molecule has 1 aromatic rings. The van der Waals surface area contributed by atoms with Gasteiger partial charge in [-0.2, -0.15) is 8.78 Å². The van der Waals surface area contributed by atoms with Crippen LogP contribution in [-0.2, 0) is 0 Å². The Morgan fingerprint density at radius 2 is 2.42 bits per heavy atom. The van der Waals surface area contributed by atoms with E-state index in [4.69, 9.17) is 0 Å². The summed E-state index contributed by atoms with van der Waals surface area (Å²) < 4.78 is 28.6. The minimum Gasteiger partial charge on any atom is -0.433 e. The molecule has 1 aliphatic heterocycles. The van der Waals surface area contributed by atoms with E-state index in [1.54, 1.807) is 5.38 Å². The normalized spacial score (nSPS) is 15.2. The lowest BCUT2D eigenvalue weighted by molar-refractivity contribution is -0.0498. The molecule has 0 saturated carbocycles. The Balaban J connectivity index is 1.92. The maximum atomic E-state index is 12.2. The van der Waals surface area contributed by atoms with E-state index in [1.807, 2.05) is 6.08 Å². The molecule has 2 rings (SSSR count). The van der Waals surface area contributed by atoms with E-state index in [0.29, 0.717) is 6.54 Å². The van der Waals surface area contributed by atoms with Crippen molar-refractivity contribution in [2.75, 3.05) is 19.6 Å². The number of rotatable bonds is 5. The molecular formula is C12H14F2N2O2S. The summed E-state index contributed by atoms with van der Waals surface area (Å²) in [5, 5.41) is 7.44. The first-order chi connectivity index (χ1) is 9.16. The van der Waals surface area contributed by atoms with E-state index in [-0.39, 0.29) is 16.5 Å². The van der Waals surface area contributed by atoms with Crippen LogP contribution < -0.4 is 15.4 Å². The van der Waals surface area contributed by atoms with Gasteiger partial charge in [-0.3, -0.25) is 4.79 Å². The van der Waals surface area contributed by atoms with Crippen LogP contribution in [-0.4, -0.2) is 32.2 Å². The van der Waals surface area contributed by atoms with Gasteiger partial charge < -0.3 is 15.4 Å². The number of carbonyl (C=O) groups excluding carboxylic acids is 1. The number of hydrogen-bond acceptors (Lipinski definition) is 4. The third-order valence-corrected chi connectivity index (χ3v) is 3.58. The largest absolute Gasteiger partial charge is 0.433 e. The quantitative estimate of drug-likeness (QED) is 0.815. The molecule has 0 radical (unpaired) electrons. The van der Waals surface area contributed by atoms with E-state index >= 15 is 0 Å². The number of ether oxygens (including phenoxy) is 1. The van der Waals surface area contributed by atoms with Gasteiger partial charge in [-0.25, -0.2) is 0 Å². The molecule has 1 amide bonds.